The molecule has 0 aromatic carbocycles. The van der Waals surface area contributed by atoms with Crippen molar-refractivity contribution in [1.29, 1.82) is 0 Å². The van der Waals surface area contributed by atoms with E-state index < -0.39 is 0 Å². The van der Waals surface area contributed by atoms with E-state index >= 15 is 0 Å². The summed E-state index contributed by atoms with van der Waals surface area (Å²) in [4.78, 5) is 14.2. The summed E-state index contributed by atoms with van der Waals surface area (Å²) in [7, 11) is 0. The quantitative estimate of drug-likeness (QED) is 0.748. The second-order valence-electron chi connectivity index (χ2n) is 4.96. The fourth-order valence-corrected chi connectivity index (χ4v) is 2.53. The van der Waals surface area contributed by atoms with E-state index in [1.807, 2.05) is 11.8 Å². The first-order valence-electron chi connectivity index (χ1n) is 6.91. The monoisotopic (exact) mass is 241 g/mol. The number of likely N-dealkylation sites (N-methyl/N-ethyl adjacent to an activating group) is 1. The molecule has 0 unspecified atom stereocenters. The lowest BCUT2D eigenvalue weighted by atomic mass is 9.90. The third-order valence-corrected chi connectivity index (χ3v) is 4.26. The third-order valence-electron chi connectivity index (χ3n) is 4.26. The molecule has 17 heavy (non-hydrogen) atoms. The molecule has 0 aromatic rings. The molecule has 0 atom stereocenters. The summed E-state index contributed by atoms with van der Waals surface area (Å²) >= 11 is 0. The van der Waals surface area contributed by atoms with Crippen LogP contribution >= 0.6 is 0 Å². The molecule has 1 fully saturated rings. The van der Waals surface area contributed by atoms with Crippen LogP contribution in [0.4, 0.5) is 4.79 Å². The number of nitrogens with two attached hydrogens (primary N) is 1. The number of amides is 2. The number of hydrogen-bond acceptors (Lipinski definition) is 2. The number of rotatable bonds is 6. The van der Waals surface area contributed by atoms with Gasteiger partial charge in [0.05, 0.1) is 5.54 Å². The molecule has 4 heteroatoms. The van der Waals surface area contributed by atoms with Gasteiger partial charge in [0, 0.05) is 19.1 Å². The van der Waals surface area contributed by atoms with Crippen LogP contribution in [-0.2, 0) is 0 Å². The van der Waals surface area contributed by atoms with Gasteiger partial charge in [0.2, 0.25) is 0 Å². The van der Waals surface area contributed by atoms with Gasteiger partial charge in [-0.05, 0) is 39.0 Å². The van der Waals surface area contributed by atoms with Gasteiger partial charge in [0.25, 0.3) is 0 Å². The Kier molecular flexibility index (Phi) is 5.25. The minimum atomic E-state index is -0.178. The van der Waals surface area contributed by atoms with Crippen molar-refractivity contribution >= 4 is 6.03 Å². The number of hydrogen-bond donors (Lipinski definition) is 2. The van der Waals surface area contributed by atoms with Crippen molar-refractivity contribution in [2.75, 3.05) is 13.1 Å². The van der Waals surface area contributed by atoms with Crippen molar-refractivity contribution in [1.82, 2.24) is 10.2 Å². The standard InChI is InChI=1S/C13H27N3O/c1-4-13(5-2,10-14)16(6-3)12(17)15-11-8-7-9-11/h11H,4-10,14H2,1-3H3,(H,15,17). The first-order valence-corrected chi connectivity index (χ1v) is 6.91. The normalized spacial score (nSPS) is 16.5. The summed E-state index contributed by atoms with van der Waals surface area (Å²) in [5.74, 6) is 0. The molecular formula is C13H27N3O. The summed E-state index contributed by atoms with van der Waals surface area (Å²) in [5.41, 5.74) is 5.72. The van der Waals surface area contributed by atoms with Crippen LogP contribution in [0.15, 0.2) is 0 Å². The van der Waals surface area contributed by atoms with Gasteiger partial charge in [0.1, 0.15) is 0 Å². The summed E-state index contributed by atoms with van der Waals surface area (Å²) in [5, 5.41) is 3.11. The molecule has 4 nitrogen and oxygen atoms in total. The molecule has 1 aliphatic carbocycles. The Morgan fingerprint density at radius 1 is 1.35 bits per heavy atom. The zero-order valence-electron chi connectivity index (χ0n) is 11.5. The Morgan fingerprint density at radius 2 is 1.94 bits per heavy atom. The predicted octanol–water partition coefficient (Wildman–Crippen LogP) is 2.09. The SMILES string of the molecule is CCN(C(=O)NC1CCC1)C(CC)(CC)CN. The maximum atomic E-state index is 12.3. The lowest BCUT2D eigenvalue weighted by Gasteiger charge is -2.43. The van der Waals surface area contributed by atoms with Gasteiger partial charge in [-0.2, -0.15) is 0 Å². The van der Waals surface area contributed by atoms with Crippen molar-refractivity contribution in [3.05, 3.63) is 0 Å². The lowest BCUT2D eigenvalue weighted by molar-refractivity contribution is 0.107. The zero-order chi connectivity index (χ0) is 12.9. The van der Waals surface area contributed by atoms with E-state index in [1.165, 1.54) is 6.42 Å². The molecule has 0 aromatic heterocycles. The number of carbonyl (C=O) groups is 1. The maximum absolute atomic E-state index is 12.3. The second-order valence-corrected chi connectivity index (χ2v) is 4.96. The van der Waals surface area contributed by atoms with Crippen molar-refractivity contribution in [2.45, 2.75) is 64.5 Å². The Balaban J connectivity index is 2.69. The van der Waals surface area contributed by atoms with Crippen LogP contribution in [0.3, 0.4) is 0 Å². The summed E-state index contributed by atoms with van der Waals surface area (Å²) in [6.45, 7) is 7.49. The van der Waals surface area contributed by atoms with Gasteiger partial charge in [-0.25, -0.2) is 4.79 Å². The van der Waals surface area contributed by atoms with Gasteiger partial charge in [0.15, 0.2) is 0 Å². The van der Waals surface area contributed by atoms with Crippen LogP contribution < -0.4 is 11.1 Å². The predicted molar refractivity (Wildman–Crippen MR) is 70.9 cm³/mol. The van der Waals surface area contributed by atoms with E-state index in [-0.39, 0.29) is 11.6 Å². The molecule has 0 bridgehead atoms. The first kappa shape index (κ1) is 14.3. The second kappa shape index (κ2) is 6.24. The van der Waals surface area contributed by atoms with Crippen molar-refractivity contribution < 1.29 is 4.79 Å². The van der Waals surface area contributed by atoms with Crippen molar-refractivity contribution in [3.8, 4) is 0 Å². The highest BCUT2D eigenvalue weighted by Crippen LogP contribution is 2.24. The molecule has 1 aliphatic rings. The van der Waals surface area contributed by atoms with E-state index in [1.54, 1.807) is 0 Å². The van der Waals surface area contributed by atoms with E-state index in [2.05, 4.69) is 19.2 Å². The minimum Gasteiger partial charge on any atom is -0.335 e. The van der Waals surface area contributed by atoms with Gasteiger partial charge in [-0.3, -0.25) is 0 Å². The smallest absolute Gasteiger partial charge is 0.318 e. The van der Waals surface area contributed by atoms with Crippen LogP contribution in [0.2, 0.25) is 0 Å². The molecule has 0 saturated heterocycles. The minimum absolute atomic E-state index is 0.0614. The number of nitrogens with zero attached hydrogens (tertiary/aromatic N) is 1. The molecule has 0 heterocycles. The molecule has 1 rings (SSSR count). The van der Waals surface area contributed by atoms with Gasteiger partial charge in [-0.1, -0.05) is 13.8 Å². The molecule has 0 aliphatic heterocycles. The molecular weight excluding hydrogens is 214 g/mol. The highest BCUT2D eigenvalue weighted by molar-refractivity contribution is 5.75. The van der Waals surface area contributed by atoms with Crippen LogP contribution in [0.5, 0.6) is 0 Å². The fourth-order valence-electron chi connectivity index (χ4n) is 2.53. The Bertz CT molecular complexity index is 239. The molecule has 3 N–H and O–H groups in total. The van der Waals surface area contributed by atoms with E-state index in [0.717, 1.165) is 32.2 Å². The molecule has 2 amide bonds. The molecule has 0 spiro atoms. The van der Waals surface area contributed by atoms with Gasteiger partial charge in [-0.15, -0.1) is 0 Å². The maximum Gasteiger partial charge on any atom is 0.318 e. The molecule has 0 radical (unpaired) electrons. The molecule has 100 valence electrons. The number of urea groups is 1. The molecule has 1 saturated carbocycles. The third kappa shape index (κ3) is 2.92. The zero-order valence-corrected chi connectivity index (χ0v) is 11.5. The van der Waals surface area contributed by atoms with E-state index in [9.17, 15) is 4.79 Å². The Labute approximate surface area is 105 Å². The average Bonchev–Trinajstić information content (AvgIpc) is 2.31. The Morgan fingerprint density at radius 3 is 2.24 bits per heavy atom. The van der Waals surface area contributed by atoms with Crippen molar-refractivity contribution in [3.63, 3.8) is 0 Å². The van der Waals surface area contributed by atoms with Crippen LogP contribution in [0.1, 0.15) is 52.9 Å². The van der Waals surface area contributed by atoms with Gasteiger partial charge < -0.3 is 16.0 Å². The topological polar surface area (TPSA) is 58.4 Å². The highest BCUT2D eigenvalue weighted by Gasteiger charge is 2.35. The Hall–Kier alpha value is -0.770. The lowest BCUT2D eigenvalue weighted by Crippen LogP contribution is -2.60. The summed E-state index contributed by atoms with van der Waals surface area (Å²) in [6, 6.07) is 0.451. The van der Waals surface area contributed by atoms with E-state index in [4.69, 9.17) is 5.73 Å². The summed E-state index contributed by atoms with van der Waals surface area (Å²) < 4.78 is 0. The van der Waals surface area contributed by atoms with Crippen LogP contribution in [0.25, 0.3) is 0 Å². The number of carbonyl (C=O) groups excluding carboxylic acids is 1. The van der Waals surface area contributed by atoms with Crippen molar-refractivity contribution in [2.24, 2.45) is 5.73 Å². The average molecular weight is 241 g/mol. The highest BCUT2D eigenvalue weighted by atomic mass is 16.2. The number of nitrogens with one attached hydrogen (secondary N) is 1. The van der Waals surface area contributed by atoms with Gasteiger partial charge >= 0.3 is 6.03 Å². The largest absolute Gasteiger partial charge is 0.335 e. The summed E-state index contributed by atoms with van der Waals surface area (Å²) in [6.07, 6.45) is 5.30. The van der Waals surface area contributed by atoms with Crippen LogP contribution in [-0.4, -0.2) is 35.6 Å². The fraction of sp³-hybridized carbons (Fsp3) is 0.923. The van der Waals surface area contributed by atoms with Crippen LogP contribution in [0, 0.1) is 0 Å². The first-order chi connectivity index (χ1) is 8.13. The van der Waals surface area contributed by atoms with E-state index in [0.29, 0.717) is 12.6 Å².